The maximum absolute atomic E-state index is 5.88. The summed E-state index contributed by atoms with van der Waals surface area (Å²) in [6.07, 6.45) is 3.01. The number of thiazole rings is 1. The number of hydrogen-bond acceptors (Lipinski definition) is 6. The first kappa shape index (κ1) is 16.5. The Kier molecular flexibility index (Phi) is 6.20. The molecule has 0 aliphatic heterocycles. The third-order valence-corrected chi connectivity index (χ3v) is 4.13. The largest absolute Gasteiger partial charge is 0.354 e. The number of nitrogens with zero attached hydrogens (tertiary/aromatic N) is 3. The van der Waals surface area contributed by atoms with E-state index in [4.69, 9.17) is 32.7 Å². The second kappa shape index (κ2) is 7.91. The smallest absolute Gasteiger partial charge is 0.183 e. The van der Waals surface area contributed by atoms with Gasteiger partial charge in [-0.15, -0.1) is 11.3 Å². The first-order valence-electron chi connectivity index (χ1n) is 6.14. The predicted octanol–water partition coefficient (Wildman–Crippen LogP) is 3.47. The van der Waals surface area contributed by atoms with Crippen LogP contribution in [0.4, 0.5) is 5.82 Å². The molecule has 0 amide bonds. The standard InChI is InChI=1S/C13H15Cl2N3O2S/c1-19-12(20-2)8-18(7-10-6-17-13(15)21-10)11-4-3-9(14)5-16-11/h3-6,12H,7-8H2,1-2H3. The molecule has 0 bridgehead atoms. The molecule has 2 heterocycles. The van der Waals surface area contributed by atoms with E-state index in [1.54, 1.807) is 32.7 Å². The van der Waals surface area contributed by atoms with Gasteiger partial charge in [-0.05, 0) is 12.1 Å². The Labute approximate surface area is 137 Å². The molecule has 2 aromatic rings. The molecule has 0 aromatic carbocycles. The number of methoxy groups -OCH3 is 2. The number of hydrogen-bond donors (Lipinski definition) is 0. The van der Waals surface area contributed by atoms with Crippen LogP contribution in [0.2, 0.25) is 9.49 Å². The van der Waals surface area contributed by atoms with Crippen LogP contribution >= 0.6 is 34.5 Å². The van der Waals surface area contributed by atoms with Gasteiger partial charge in [0.15, 0.2) is 10.8 Å². The van der Waals surface area contributed by atoms with Crippen LogP contribution in [0.25, 0.3) is 0 Å². The highest BCUT2D eigenvalue weighted by molar-refractivity contribution is 7.15. The van der Waals surface area contributed by atoms with Crippen molar-refractivity contribution in [3.05, 3.63) is 38.9 Å². The van der Waals surface area contributed by atoms with Gasteiger partial charge in [0.1, 0.15) is 5.82 Å². The number of pyridine rings is 1. The monoisotopic (exact) mass is 347 g/mol. The fourth-order valence-corrected chi connectivity index (χ4v) is 2.87. The topological polar surface area (TPSA) is 47.5 Å². The minimum atomic E-state index is -0.356. The normalized spacial score (nSPS) is 11.1. The van der Waals surface area contributed by atoms with Crippen LogP contribution in [-0.4, -0.2) is 37.0 Å². The van der Waals surface area contributed by atoms with E-state index in [2.05, 4.69) is 9.97 Å². The summed E-state index contributed by atoms with van der Waals surface area (Å²) >= 11 is 13.2. The van der Waals surface area contributed by atoms with Gasteiger partial charge >= 0.3 is 0 Å². The van der Waals surface area contributed by atoms with E-state index in [1.165, 1.54) is 11.3 Å². The molecule has 2 rings (SSSR count). The summed E-state index contributed by atoms with van der Waals surface area (Å²) in [6, 6.07) is 3.65. The fourth-order valence-electron chi connectivity index (χ4n) is 1.76. The molecule has 0 N–H and O–H groups in total. The lowest BCUT2D eigenvalue weighted by molar-refractivity contribution is -0.0951. The van der Waals surface area contributed by atoms with Crippen molar-refractivity contribution in [1.82, 2.24) is 9.97 Å². The molecular formula is C13H15Cl2N3O2S. The second-order valence-corrected chi connectivity index (χ2v) is 6.33. The molecule has 0 aliphatic rings. The third kappa shape index (κ3) is 4.79. The van der Waals surface area contributed by atoms with E-state index >= 15 is 0 Å². The van der Waals surface area contributed by atoms with Gasteiger partial charge in [0.05, 0.1) is 18.1 Å². The average molecular weight is 348 g/mol. The molecule has 2 aromatic heterocycles. The zero-order valence-electron chi connectivity index (χ0n) is 11.6. The van der Waals surface area contributed by atoms with E-state index in [1.807, 2.05) is 11.0 Å². The maximum atomic E-state index is 5.88. The molecule has 0 spiro atoms. The van der Waals surface area contributed by atoms with Crippen LogP contribution in [0.3, 0.4) is 0 Å². The highest BCUT2D eigenvalue weighted by atomic mass is 35.5. The van der Waals surface area contributed by atoms with E-state index < -0.39 is 0 Å². The fraction of sp³-hybridized carbons (Fsp3) is 0.385. The summed E-state index contributed by atoms with van der Waals surface area (Å²) in [6.45, 7) is 1.14. The van der Waals surface area contributed by atoms with Gasteiger partial charge in [-0.1, -0.05) is 23.2 Å². The van der Waals surface area contributed by atoms with Gasteiger partial charge in [-0.2, -0.15) is 0 Å². The quantitative estimate of drug-likeness (QED) is 0.717. The van der Waals surface area contributed by atoms with E-state index in [9.17, 15) is 0 Å². The van der Waals surface area contributed by atoms with E-state index in [0.717, 1.165) is 10.7 Å². The van der Waals surface area contributed by atoms with Crippen molar-refractivity contribution < 1.29 is 9.47 Å². The van der Waals surface area contributed by atoms with Gasteiger partial charge in [0.2, 0.25) is 0 Å². The summed E-state index contributed by atoms with van der Waals surface area (Å²) < 4.78 is 11.0. The van der Waals surface area contributed by atoms with Crippen molar-refractivity contribution in [3.8, 4) is 0 Å². The highest BCUT2D eigenvalue weighted by Crippen LogP contribution is 2.23. The molecule has 0 saturated carbocycles. The highest BCUT2D eigenvalue weighted by Gasteiger charge is 2.16. The van der Waals surface area contributed by atoms with Gasteiger partial charge in [-0.25, -0.2) is 9.97 Å². The number of halogens is 2. The van der Waals surface area contributed by atoms with Crippen molar-refractivity contribution >= 4 is 40.4 Å². The summed E-state index contributed by atoms with van der Waals surface area (Å²) in [5.41, 5.74) is 0. The Balaban J connectivity index is 2.18. The summed E-state index contributed by atoms with van der Waals surface area (Å²) in [4.78, 5) is 11.4. The predicted molar refractivity (Wildman–Crippen MR) is 85.2 cm³/mol. The molecule has 0 atom stereocenters. The number of rotatable bonds is 7. The Bertz CT molecular complexity index is 561. The molecule has 0 unspecified atom stereocenters. The Hall–Kier alpha value is -0.920. The Morgan fingerprint density at radius 2 is 1.95 bits per heavy atom. The summed E-state index contributed by atoms with van der Waals surface area (Å²) in [5, 5.41) is 0.592. The molecule has 0 aliphatic carbocycles. The van der Waals surface area contributed by atoms with Gasteiger partial charge in [-0.3, -0.25) is 0 Å². The summed E-state index contributed by atoms with van der Waals surface area (Å²) in [5.74, 6) is 0.781. The van der Waals surface area contributed by atoms with Crippen LogP contribution in [0, 0.1) is 0 Å². The number of anilines is 1. The second-order valence-electron chi connectivity index (χ2n) is 4.20. The molecule has 0 fully saturated rings. The Morgan fingerprint density at radius 1 is 1.19 bits per heavy atom. The number of ether oxygens (including phenoxy) is 2. The molecule has 21 heavy (non-hydrogen) atoms. The van der Waals surface area contributed by atoms with Crippen LogP contribution in [0.15, 0.2) is 24.5 Å². The maximum Gasteiger partial charge on any atom is 0.183 e. The van der Waals surface area contributed by atoms with E-state index in [0.29, 0.717) is 22.6 Å². The minimum absolute atomic E-state index is 0.356. The summed E-state index contributed by atoms with van der Waals surface area (Å²) in [7, 11) is 3.20. The van der Waals surface area contributed by atoms with Crippen molar-refractivity contribution in [2.45, 2.75) is 12.8 Å². The van der Waals surface area contributed by atoms with Crippen molar-refractivity contribution in [2.75, 3.05) is 25.7 Å². The first-order chi connectivity index (χ1) is 10.1. The lowest BCUT2D eigenvalue weighted by Gasteiger charge is -2.26. The van der Waals surface area contributed by atoms with Gasteiger partial charge in [0.25, 0.3) is 0 Å². The van der Waals surface area contributed by atoms with Crippen molar-refractivity contribution in [1.29, 1.82) is 0 Å². The third-order valence-electron chi connectivity index (χ3n) is 2.80. The molecule has 114 valence electrons. The first-order valence-corrected chi connectivity index (χ1v) is 7.72. The molecule has 5 nitrogen and oxygen atoms in total. The van der Waals surface area contributed by atoms with Crippen molar-refractivity contribution in [3.63, 3.8) is 0 Å². The minimum Gasteiger partial charge on any atom is -0.354 e. The SMILES string of the molecule is COC(CN(Cc1cnc(Cl)s1)c1ccc(Cl)cn1)OC. The lowest BCUT2D eigenvalue weighted by atomic mass is 10.3. The van der Waals surface area contributed by atoms with Crippen LogP contribution in [-0.2, 0) is 16.0 Å². The Morgan fingerprint density at radius 3 is 2.48 bits per heavy atom. The molecule has 0 saturated heterocycles. The van der Waals surface area contributed by atoms with Crippen LogP contribution in [0.5, 0.6) is 0 Å². The van der Waals surface area contributed by atoms with Crippen LogP contribution in [0.1, 0.15) is 4.88 Å². The molecule has 8 heteroatoms. The zero-order valence-corrected chi connectivity index (χ0v) is 14.0. The molecular weight excluding hydrogens is 333 g/mol. The van der Waals surface area contributed by atoms with Gasteiger partial charge in [0, 0.05) is 31.5 Å². The number of aromatic nitrogens is 2. The molecule has 0 radical (unpaired) electrons. The van der Waals surface area contributed by atoms with E-state index in [-0.39, 0.29) is 6.29 Å². The van der Waals surface area contributed by atoms with Crippen LogP contribution < -0.4 is 4.90 Å². The lowest BCUT2D eigenvalue weighted by Crippen LogP contribution is -2.34. The zero-order chi connectivity index (χ0) is 15.2. The average Bonchev–Trinajstić information content (AvgIpc) is 2.89. The van der Waals surface area contributed by atoms with Crippen molar-refractivity contribution in [2.24, 2.45) is 0 Å². The van der Waals surface area contributed by atoms with Gasteiger partial charge < -0.3 is 14.4 Å².